The summed E-state index contributed by atoms with van der Waals surface area (Å²) < 4.78 is 11.3. The van der Waals surface area contributed by atoms with E-state index in [1.807, 2.05) is 6.07 Å². The lowest BCUT2D eigenvalue weighted by molar-refractivity contribution is 0.0900. The second kappa shape index (κ2) is 8.05. The highest BCUT2D eigenvalue weighted by Gasteiger charge is 2.30. The molecule has 1 saturated carbocycles. The molecule has 2 unspecified atom stereocenters. The summed E-state index contributed by atoms with van der Waals surface area (Å²) >= 11 is 0. The molecule has 1 aliphatic heterocycles. The van der Waals surface area contributed by atoms with Crippen molar-refractivity contribution in [2.75, 3.05) is 6.61 Å². The van der Waals surface area contributed by atoms with Gasteiger partial charge in [-0.3, -0.25) is 4.79 Å². The Balaban J connectivity index is 1.56. The lowest BCUT2D eigenvalue weighted by Crippen LogP contribution is -2.33. The fraction of sp³-hybridized carbons (Fsp3) is 0.696. The van der Waals surface area contributed by atoms with Crippen LogP contribution in [0, 0.1) is 5.41 Å². The van der Waals surface area contributed by atoms with Gasteiger partial charge in [-0.15, -0.1) is 0 Å². The number of nitrogens with zero attached hydrogens (tertiary/aromatic N) is 2. The Labute approximate surface area is 172 Å². The van der Waals surface area contributed by atoms with Crippen LogP contribution < -0.4 is 5.32 Å². The second-order valence-electron chi connectivity index (χ2n) is 10.0. The second-order valence-corrected chi connectivity index (χ2v) is 10.0. The third kappa shape index (κ3) is 4.97. The quantitative estimate of drug-likeness (QED) is 0.726. The lowest BCUT2D eigenvalue weighted by atomic mass is 9.89. The van der Waals surface area contributed by atoms with Crippen molar-refractivity contribution >= 4 is 17.0 Å². The third-order valence-electron chi connectivity index (χ3n) is 5.80. The molecule has 1 N–H and O–H groups in total. The van der Waals surface area contributed by atoms with Crippen LogP contribution in [0.25, 0.3) is 11.1 Å². The number of amides is 1. The topological polar surface area (TPSA) is 77.2 Å². The summed E-state index contributed by atoms with van der Waals surface area (Å²) in [6.07, 6.45) is 7.52. The predicted molar refractivity (Wildman–Crippen MR) is 112 cm³/mol. The maximum atomic E-state index is 13.2. The zero-order valence-electron chi connectivity index (χ0n) is 18.1. The molecule has 158 valence electrons. The Bertz CT molecular complexity index is 873. The SMILES string of the molecule is CC(CCC1CCCO1)NC(=O)c1cc(C2CC2)nc2onc(CC(C)(C)C)c12. The standard InChI is InChI=1S/C23H33N3O3/c1-14(7-10-16-6-5-11-28-16)24-21(27)17-12-18(15-8-9-15)25-22-20(17)19(26-29-22)13-23(2,3)4/h12,14-16H,5-11,13H2,1-4H3,(H,24,27). The van der Waals surface area contributed by atoms with Crippen LogP contribution in [-0.2, 0) is 11.2 Å². The highest BCUT2D eigenvalue weighted by molar-refractivity contribution is 6.06. The molecule has 1 saturated heterocycles. The van der Waals surface area contributed by atoms with Gasteiger partial charge < -0.3 is 14.6 Å². The van der Waals surface area contributed by atoms with Gasteiger partial charge in [-0.2, -0.15) is 0 Å². The number of nitrogens with one attached hydrogen (secondary N) is 1. The molecule has 3 heterocycles. The molecule has 2 aromatic rings. The normalized spacial score (nSPS) is 20.9. The molecule has 6 heteroatoms. The van der Waals surface area contributed by atoms with E-state index in [1.54, 1.807) is 0 Å². The number of ether oxygens (including phenoxy) is 1. The molecule has 2 aliphatic rings. The first-order valence-corrected chi connectivity index (χ1v) is 11.0. The van der Waals surface area contributed by atoms with Crippen LogP contribution >= 0.6 is 0 Å². The molecule has 1 amide bonds. The zero-order chi connectivity index (χ0) is 20.6. The summed E-state index contributed by atoms with van der Waals surface area (Å²) in [5.41, 5.74) is 2.96. The molecule has 4 rings (SSSR count). The maximum absolute atomic E-state index is 13.2. The van der Waals surface area contributed by atoms with E-state index in [1.165, 1.54) is 0 Å². The Kier molecular flexibility index (Phi) is 5.65. The maximum Gasteiger partial charge on any atom is 0.259 e. The minimum Gasteiger partial charge on any atom is -0.378 e. The number of aromatic nitrogens is 2. The van der Waals surface area contributed by atoms with Gasteiger partial charge in [0.05, 0.1) is 22.7 Å². The third-order valence-corrected chi connectivity index (χ3v) is 5.80. The summed E-state index contributed by atoms with van der Waals surface area (Å²) in [6, 6.07) is 2.05. The Morgan fingerprint density at radius 3 is 2.76 bits per heavy atom. The molecular weight excluding hydrogens is 366 g/mol. The Morgan fingerprint density at radius 1 is 1.31 bits per heavy atom. The number of carbonyl (C=O) groups excluding carboxylic acids is 1. The fourth-order valence-electron chi connectivity index (χ4n) is 4.10. The van der Waals surface area contributed by atoms with Crippen LogP contribution in [0.3, 0.4) is 0 Å². The molecule has 0 aromatic carbocycles. The van der Waals surface area contributed by atoms with E-state index in [0.29, 0.717) is 23.3 Å². The Hall–Kier alpha value is -1.95. The van der Waals surface area contributed by atoms with Crippen molar-refractivity contribution in [3.63, 3.8) is 0 Å². The van der Waals surface area contributed by atoms with Crippen molar-refractivity contribution < 1.29 is 14.1 Å². The summed E-state index contributed by atoms with van der Waals surface area (Å²) in [7, 11) is 0. The Morgan fingerprint density at radius 2 is 2.10 bits per heavy atom. The average Bonchev–Trinajstić information content (AvgIpc) is 3.23. The molecule has 2 atom stereocenters. The lowest BCUT2D eigenvalue weighted by Gasteiger charge is -2.18. The van der Waals surface area contributed by atoms with Crippen molar-refractivity contribution in [3.8, 4) is 0 Å². The first kappa shape index (κ1) is 20.3. The summed E-state index contributed by atoms with van der Waals surface area (Å²) in [5.74, 6) is 0.386. The number of fused-ring (bicyclic) bond motifs is 1. The minimum atomic E-state index is -0.0579. The van der Waals surface area contributed by atoms with Crippen LogP contribution in [0.15, 0.2) is 10.6 Å². The van der Waals surface area contributed by atoms with Gasteiger partial charge in [0, 0.05) is 24.3 Å². The molecule has 0 radical (unpaired) electrons. The van der Waals surface area contributed by atoms with Gasteiger partial charge in [0.15, 0.2) is 0 Å². The van der Waals surface area contributed by atoms with Gasteiger partial charge in [-0.1, -0.05) is 25.9 Å². The monoisotopic (exact) mass is 399 g/mol. The van der Waals surface area contributed by atoms with Gasteiger partial charge >= 0.3 is 0 Å². The van der Waals surface area contributed by atoms with E-state index in [0.717, 1.165) is 68.3 Å². The molecule has 29 heavy (non-hydrogen) atoms. The van der Waals surface area contributed by atoms with Gasteiger partial charge in [-0.25, -0.2) is 4.98 Å². The van der Waals surface area contributed by atoms with E-state index < -0.39 is 0 Å². The first-order chi connectivity index (χ1) is 13.8. The van der Waals surface area contributed by atoms with Crippen molar-refractivity contribution in [1.29, 1.82) is 0 Å². The largest absolute Gasteiger partial charge is 0.378 e. The van der Waals surface area contributed by atoms with Gasteiger partial charge in [0.1, 0.15) is 0 Å². The predicted octanol–water partition coefficient (Wildman–Crippen LogP) is 4.77. The van der Waals surface area contributed by atoms with Crippen molar-refractivity contribution in [3.05, 3.63) is 23.0 Å². The van der Waals surface area contributed by atoms with E-state index in [9.17, 15) is 4.79 Å². The summed E-state index contributed by atoms with van der Waals surface area (Å²) in [4.78, 5) is 17.9. The summed E-state index contributed by atoms with van der Waals surface area (Å²) in [6.45, 7) is 9.41. The van der Waals surface area contributed by atoms with Crippen LogP contribution in [0.2, 0.25) is 0 Å². The number of carbonyl (C=O) groups is 1. The van der Waals surface area contributed by atoms with E-state index in [2.05, 4.69) is 43.2 Å². The van der Waals surface area contributed by atoms with E-state index in [-0.39, 0.29) is 17.4 Å². The smallest absolute Gasteiger partial charge is 0.259 e. The molecule has 0 spiro atoms. The molecular formula is C23H33N3O3. The van der Waals surface area contributed by atoms with Crippen LogP contribution in [-0.4, -0.2) is 34.8 Å². The van der Waals surface area contributed by atoms with Crippen LogP contribution in [0.5, 0.6) is 0 Å². The highest BCUT2D eigenvalue weighted by atomic mass is 16.5. The summed E-state index contributed by atoms with van der Waals surface area (Å²) in [5, 5.41) is 8.24. The molecule has 6 nitrogen and oxygen atoms in total. The first-order valence-electron chi connectivity index (χ1n) is 11.0. The number of hydrogen-bond donors (Lipinski definition) is 1. The average molecular weight is 400 g/mol. The zero-order valence-corrected chi connectivity index (χ0v) is 18.1. The minimum absolute atomic E-state index is 0.0429. The number of pyridine rings is 1. The van der Waals surface area contributed by atoms with Crippen LogP contribution in [0.1, 0.15) is 93.9 Å². The number of hydrogen-bond acceptors (Lipinski definition) is 5. The van der Waals surface area contributed by atoms with Gasteiger partial charge in [0.25, 0.3) is 11.6 Å². The molecule has 2 fully saturated rings. The van der Waals surface area contributed by atoms with Gasteiger partial charge in [0.2, 0.25) is 0 Å². The molecule has 2 aromatic heterocycles. The van der Waals surface area contributed by atoms with E-state index in [4.69, 9.17) is 9.26 Å². The van der Waals surface area contributed by atoms with Crippen LogP contribution in [0.4, 0.5) is 0 Å². The highest BCUT2D eigenvalue weighted by Crippen LogP contribution is 2.41. The van der Waals surface area contributed by atoms with Crippen molar-refractivity contribution in [1.82, 2.24) is 15.5 Å². The fourth-order valence-corrected chi connectivity index (χ4v) is 4.10. The number of rotatable bonds is 7. The van der Waals surface area contributed by atoms with E-state index >= 15 is 0 Å². The van der Waals surface area contributed by atoms with Gasteiger partial charge in [-0.05, 0) is 63.4 Å². The van der Waals surface area contributed by atoms with Crippen molar-refractivity contribution in [2.45, 2.75) is 90.7 Å². The molecule has 0 bridgehead atoms. The molecule has 1 aliphatic carbocycles. The van der Waals surface area contributed by atoms with Crippen molar-refractivity contribution in [2.24, 2.45) is 5.41 Å².